The summed E-state index contributed by atoms with van der Waals surface area (Å²) >= 11 is 1.01. The van der Waals surface area contributed by atoms with Crippen molar-refractivity contribution in [2.24, 2.45) is 5.92 Å². The Morgan fingerprint density at radius 1 is 1.50 bits per heavy atom. The summed E-state index contributed by atoms with van der Waals surface area (Å²) in [7, 11) is 1.60. The second kappa shape index (κ2) is 6.03. The SMILES string of the molecule is CCCN(CC1CC1)C(=O)c1csc(S(=O)(=O)Cl)c1C. The number of carbonyl (C=O) groups is 1. The number of carbonyl (C=O) groups excluding carboxylic acids is 1. The highest BCUT2D eigenvalue weighted by molar-refractivity contribution is 8.15. The summed E-state index contributed by atoms with van der Waals surface area (Å²) in [6, 6.07) is 0. The number of amides is 1. The molecule has 1 amide bonds. The van der Waals surface area contributed by atoms with Gasteiger partial charge in [0.05, 0.1) is 5.56 Å². The minimum absolute atomic E-state index is 0.0744. The first kappa shape index (κ1) is 15.8. The first-order chi connectivity index (χ1) is 9.34. The highest BCUT2D eigenvalue weighted by Crippen LogP contribution is 2.33. The fraction of sp³-hybridized carbons (Fsp3) is 0.615. The Bertz CT molecular complexity index is 605. The molecular weight excluding hydrogens is 318 g/mol. The van der Waals surface area contributed by atoms with Gasteiger partial charge in [0.1, 0.15) is 4.21 Å². The number of rotatable bonds is 6. The van der Waals surface area contributed by atoms with Crippen LogP contribution in [0.5, 0.6) is 0 Å². The van der Waals surface area contributed by atoms with Crippen molar-refractivity contribution in [3.8, 4) is 0 Å². The van der Waals surface area contributed by atoms with Crippen LogP contribution >= 0.6 is 22.0 Å². The Morgan fingerprint density at radius 3 is 2.60 bits per heavy atom. The molecule has 1 aliphatic carbocycles. The smallest absolute Gasteiger partial charge is 0.271 e. The van der Waals surface area contributed by atoms with Crippen molar-refractivity contribution in [2.45, 2.75) is 37.3 Å². The second-order valence-corrected chi connectivity index (χ2v) is 8.84. The van der Waals surface area contributed by atoms with Crippen LogP contribution in [0.15, 0.2) is 9.59 Å². The fourth-order valence-electron chi connectivity index (χ4n) is 2.18. The predicted molar refractivity (Wildman–Crippen MR) is 81.0 cm³/mol. The molecule has 0 aromatic carbocycles. The molecule has 1 aromatic heterocycles. The van der Waals surface area contributed by atoms with Gasteiger partial charge in [-0.3, -0.25) is 4.79 Å². The zero-order valence-corrected chi connectivity index (χ0v) is 13.9. The Balaban J connectivity index is 2.24. The third kappa shape index (κ3) is 3.54. The molecule has 0 bridgehead atoms. The van der Waals surface area contributed by atoms with E-state index in [9.17, 15) is 13.2 Å². The normalized spacial score (nSPS) is 15.3. The number of nitrogens with zero attached hydrogens (tertiary/aromatic N) is 1. The van der Waals surface area contributed by atoms with Gasteiger partial charge in [0, 0.05) is 29.2 Å². The van der Waals surface area contributed by atoms with Gasteiger partial charge in [-0.25, -0.2) is 8.42 Å². The molecule has 2 rings (SSSR count). The van der Waals surface area contributed by atoms with Crippen molar-refractivity contribution in [2.75, 3.05) is 13.1 Å². The minimum Gasteiger partial charge on any atom is -0.338 e. The van der Waals surface area contributed by atoms with E-state index >= 15 is 0 Å². The molecule has 1 fully saturated rings. The predicted octanol–water partition coefficient (Wildman–Crippen LogP) is 3.25. The van der Waals surface area contributed by atoms with Crippen LogP contribution in [0.2, 0.25) is 0 Å². The maximum absolute atomic E-state index is 12.6. The Hall–Kier alpha value is -0.590. The zero-order valence-electron chi connectivity index (χ0n) is 11.6. The largest absolute Gasteiger partial charge is 0.338 e. The van der Waals surface area contributed by atoms with Crippen LogP contribution in [0.3, 0.4) is 0 Å². The maximum atomic E-state index is 12.6. The van der Waals surface area contributed by atoms with E-state index in [2.05, 4.69) is 0 Å². The summed E-state index contributed by atoms with van der Waals surface area (Å²) in [5, 5.41) is 1.60. The highest BCUT2D eigenvalue weighted by atomic mass is 35.7. The van der Waals surface area contributed by atoms with Crippen LogP contribution in [0.1, 0.15) is 42.1 Å². The Labute approximate surface area is 128 Å². The van der Waals surface area contributed by atoms with Crippen LogP contribution < -0.4 is 0 Å². The van der Waals surface area contributed by atoms with Crippen molar-refractivity contribution < 1.29 is 13.2 Å². The number of halogens is 1. The number of hydrogen-bond acceptors (Lipinski definition) is 4. The van der Waals surface area contributed by atoms with Crippen molar-refractivity contribution in [1.29, 1.82) is 0 Å². The molecule has 0 N–H and O–H groups in total. The van der Waals surface area contributed by atoms with Gasteiger partial charge < -0.3 is 4.90 Å². The lowest BCUT2D eigenvalue weighted by Gasteiger charge is -2.22. The maximum Gasteiger partial charge on any atom is 0.271 e. The van der Waals surface area contributed by atoms with Gasteiger partial charge in [0.25, 0.3) is 15.0 Å². The number of hydrogen-bond donors (Lipinski definition) is 0. The van der Waals surface area contributed by atoms with Crippen molar-refractivity contribution in [3.63, 3.8) is 0 Å². The number of thiophene rings is 1. The molecule has 4 nitrogen and oxygen atoms in total. The molecule has 1 aromatic rings. The molecule has 0 spiro atoms. The summed E-state index contributed by atoms with van der Waals surface area (Å²) in [5.41, 5.74) is 0.926. The monoisotopic (exact) mass is 335 g/mol. The van der Waals surface area contributed by atoms with Crippen molar-refractivity contribution in [1.82, 2.24) is 4.90 Å². The average Bonchev–Trinajstić information content (AvgIpc) is 3.07. The summed E-state index contributed by atoms with van der Waals surface area (Å²) in [6.45, 7) is 5.14. The van der Waals surface area contributed by atoms with Gasteiger partial charge in [0.15, 0.2) is 0 Å². The molecule has 0 unspecified atom stereocenters. The van der Waals surface area contributed by atoms with Crippen LogP contribution in [0.4, 0.5) is 0 Å². The van der Waals surface area contributed by atoms with Gasteiger partial charge in [-0.15, -0.1) is 11.3 Å². The molecule has 112 valence electrons. The van der Waals surface area contributed by atoms with E-state index < -0.39 is 9.05 Å². The molecule has 20 heavy (non-hydrogen) atoms. The standard InChI is InChI=1S/C13H18ClNO3S2/c1-3-6-15(7-10-4-5-10)12(16)11-8-19-13(9(11)2)20(14,17)18/h8,10H,3-7H2,1-2H3. The third-order valence-corrected chi connectivity index (χ3v) is 6.71. The lowest BCUT2D eigenvalue weighted by molar-refractivity contribution is 0.0747. The summed E-state index contributed by atoms with van der Waals surface area (Å²) in [4.78, 5) is 14.4. The van der Waals surface area contributed by atoms with Crippen molar-refractivity contribution in [3.05, 3.63) is 16.5 Å². The zero-order chi connectivity index (χ0) is 14.9. The van der Waals surface area contributed by atoms with Crippen molar-refractivity contribution >= 4 is 37.0 Å². The summed E-state index contributed by atoms with van der Waals surface area (Å²) < 4.78 is 22.9. The Kier molecular flexibility index (Phi) is 4.76. The van der Waals surface area contributed by atoms with Crippen LogP contribution in [0.25, 0.3) is 0 Å². The van der Waals surface area contributed by atoms with E-state index in [1.165, 1.54) is 12.8 Å². The van der Waals surface area contributed by atoms with E-state index in [-0.39, 0.29) is 10.1 Å². The fourth-order valence-corrected chi connectivity index (χ4v) is 4.72. The van der Waals surface area contributed by atoms with E-state index in [0.29, 0.717) is 23.6 Å². The molecule has 1 saturated carbocycles. The molecule has 0 atom stereocenters. The van der Waals surface area contributed by atoms with Gasteiger partial charge in [-0.2, -0.15) is 0 Å². The molecule has 0 saturated heterocycles. The minimum atomic E-state index is -3.77. The first-order valence-corrected chi connectivity index (χ1v) is 9.85. The molecular formula is C13H18ClNO3S2. The average molecular weight is 336 g/mol. The summed E-state index contributed by atoms with van der Waals surface area (Å²) in [5.74, 6) is 0.528. The van der Waals surface area contributed by atoms with Gasteiger partial charge in [-0.05, 0) is 37.7 Å². The topological polar surface area (TPSA) is 54.5 Å². The van der Waals surface area contributed by atoms with Crippen LogP contribution in [0, 0.1) is 12.8 Å². The third-order valence-electron chi connectivity index (χ3n) is 3.40. The van der Waals surface area contributed by atoms with Crippen LogP contribution in [-0.2, 0) is 9.05 Å². The second-order valence-electron chi connectivity index (χ2n) is 5.19. The molecule has 7 heteroatoms. The van der Waals surface area contributed by atoms with E-state index in [1.807, 2.05) is 11.8 Å². The van der Waals surface area contributed by atoms with Gasteiger partial charge >= 0.3 is 0 Å². The summed E-state index contributed by atoms with van der Waals surface area (Å²) in [6.07, 6.45) is 3.25. The highest BCUT2D eigenvalue weighted by Gasteiger charge is 2.29. The molecule has 1 aliphatic rings. The quantitative estimate of drug-likeness (QED) is 0.750. The van der Waals surface area contributed by atoms with E-state index in [4.69, 9.17) is 10.7 Å². The molecule has 0 aliphatic heterocycles. The Morgan fingerprint density at radius 2 is 2.15 bits per heavy atom. The van der Waals surface area contributed by atoms with E-state index in [1.54, 1.807) is 12.3 Å². The first-order valence-electron chi connectivity index (χ1n) is 6.66. The molecule has 0 radical (unpaired) electrons. The van der Waals surface area contributed by atoms with E-state index in [0.717, 1.165) is 24.3 Å². The van der Waals surface area contributed by atoms with Crippen LogP contribution in [-0.4, -0.2) is 32.3 Å². The lowest BCUT2D eigenvalue weighted by Crippen LogP contribution is -2.33. The lowest BCUT2D eigenvalue weighted by atomic mass is 10.2. The van der Waals surface area contributed by atoms with Gasteiger partial charge in [-0.1, -0.05) is 6.92 Å². The molecule has 1 heterocycles. The van der Waals surface area contributed by atoms with Gasteiger partial charge in [0.2, 0.25) is 0 Å².